The van der Waals surface area contributed by atoms with E-state index in [0.29, 0.717) is 35.6 Å². The van der Waals surface area contributed by atoms with Crippen LogP contribution >= 0.6 is 11.6 Å². The van der Waals surface area contributed by atoms with Crippen LogP contribution in [0.1, 0.15) is 45.5 Å². The summed E-state index contributed by atoms with van der Waals surface area (Å²) in [5.41, 5.74) is 3.81. The van der Waals surface area contributed by atoms with Gasteiger partial charge >= 0.3 is 6.09 Å². The van der Waals surface area contributed by atoms with Gasteiger partial charge in [0.2, 0.25) is 0 Å². The summed E-state index contributed by atoms with van der Waals surface area (Å²) in [7, 11) is 1.76. The van der Waals surface area contributed by atoms with Gasteiger partial charge in [0.15, 0.2) is 0 Å². The Bertz CT molecular complexity index is 1160. The first kappa shape index (κ1) is 20.9. The van der Waals surface area contributed by atoms with Gasteiger partial charge < -0.3 is 19.9 Å². The zero-order valence-corrected chi connectivity index (χ0v) is 17.6. The third-order valence-electron chi connectivity index (χ3n) is 5.22. The number of hydrogen-bond donors (Lipinski definition) is 3. The van der Waals surface area contributed by atoms with Crippen molar-refractivity contribution in [3.8, 4) is 0 Å². The van der Waals surface area contributed by atoms with E-state index in [2.05, 4.69) is 26.0 Å². The molecule has 3 N–H and O–H groups in total. The molecule has 0 bridgehead atoms. The predicted molar refractivity (Wildman–Crippen MR) is 110 cm³/mol. The van der Waals surface area contributed by atoms with Crippen LogP contribution in [-0.4, -0.2) is 32.0 Å². The van der Waals surface area contributed by atoms with Crippen LogP contribution in [0.3, 0.4) is 0 Å². The molecule has 162 valence electrons. The van der Waals surface area contributed by atoms with E-state index in [1.807, 2.05) is 6.20 Å². The van der Waals surface area contributed by atoms with E-state index in [1.165, 1.54) is 18.2 Å². The quantitative estimate of drug-likeness (QED) is 0.555. The van der Waals surface area contributed by atoms with E-state index in [1.54, 1.807) is 18.5 Å². The highest BCUT2D eigenvalue weighted by Crippen LogP contribution is 2.35. The number of ether oxygens (including phenoxy) is 1. The Morgan fingerprint density at radius 1 is 1.39 bits per heavy atom. The number of aryl methyl sites for hydroxylation is 2. The Hall–Kier alpha value is -3.40. The molecule has 2 aromatic heterocycles. The van der Waals surface area contributed by atoms with Crippen molar-refractivity contribution in [1.29, 1.82) is 0 Å². The second-order valence-electron chi connectivity index (χ2n) is 7.27. The second-order valence-corrected chi connectivity index (χ2v) is 7.68. The number of carbonyl (C=O) groups excluding carboxylic acids is 2. The summed E-state index contributed by atoms with van der Waals surface area (Å²) in [4.78, 5) is 25.1. The number of aromatic nitrogens is 4. The molecular formula is C20H20ClFN6O3. The fourth-order valence-electron chi connectivity index (χ4n) is 3.68. The number of nitrogens with one attached hydrogen (secondary N) is 3. The number of amides is 2. The number of benzene rings is 1. The lowest BCUT2D eigenvalue weighted by molar-refractivity contribution is 0.101. The zero-order chi connectivity index (χ0) is 22.1. The van der Waals surface area contributed by atoms with Crippen LogP contribution in [0.5, 0.6) is 0 Å². The molecule has 0 radical (unpaired) electrons. The maximum atomic E-state index is 13.4. The van der Waals surface area contributed by atoms with Gasteiger partial charge in [0.05, 0.1) is 16.8 Å². The first-order valence-electron chi connectivity index (χ1n) is 9.57. The van der Waals surface area contributed by atoms with Gasteiger partial charge in [-0.3, -0.25) is 4.79 Å². The Balaban J connectivity index is 1.43. The highest BCUT2D eigenvalue weighted by molar-refractivity contribution is 6.31. The fraction of sp³-hybridized carbons (Fsp3) is 0.300. The molecule has 0 saturated carbocycles. The van der Waals surface area contributed by atoms with Crippen LogP contribution < -0.4 is 10.6 Å². The lowest BCUT2D eigenvalue weighted by Gasteiger charge is -2.13. The van der Waals surface area contributed by atoms with Crippen LogP contribution in [0.2, 0.25) is 5.02 Å². The lowest BCUT2D eigenvalue weighted by Crippen LogP contribution is -2.27. The highest BCUT2D eigenvalue weighted by atomic mass is 35.5. The van der Waals surface area contributed by atoms with Crippen molar-refractivity contribution in [3.05, 3.63) is 63.4 Å². The standard InChI is InChI=1S/C20H20ClFN6O3/c1-10-17(26-27-25-10)9-31-20(30)24-16-6-4-12-13(16)8-28(2)18(12)19(29)23-11-3-5-15(22)14(21)7-11/h3,5,7-8,16H,4,6,9H2,1-2H3,(H,23,29)(H,24,30)(H,25,26,27). The van der Waals surface area contributed by atoms with Gasteiger partial charge in [0.1, 0.15) is 23.8 Å². The van der Waals surface area contributed by atoms with E-state index < -0.39 is 11.9 Å². The Labute approximate surface area is 181 Å². The van der Waals surface area contributed by atoms with Crippen LogP contribution in [0, 0.1) is 12.7 Å². The van der Waals surface area contributed by atoms with E-state index in [4.69, 9.17) is 16.3 Å². The molecule has 1 unspecified atom stereocenters. The molecule has 9 nitrogen and oxygen atoms in total. The number of H-pyrrole nitrogens is 1. The SMILES string of the molecule is Cc1n[nH]nc1COC(=O)NC1CCc2c1cn(C)c2C(=O)Nc1ccc(F)c(Cl)c1. The highest BCUT2D eigenvalue weighted by Gasteiger charge is 2.31. The Morgan fingerprint density at radius 2 is 2.19 bits per heavy atom. The third kappa shape index (κ3) is 4.24. The molecule has 1 aliphatic carbocycles. The van der Waals surface area contributed by atoms with Gasteiger partial charge in [-0.2, -0.15) is 15.4 Å². The fourth-order valence-corrected chi connectivity index (χ4v) is 3.86. The minimum absolute atomic E-state index is 0.0103. The first-order valence-corrected chi connectivity index (χ1v) is 9.95. The molecule has 0 spiro atoms. The number of rotatable bonds is 5. The van der Waals surface area contributed by atoms with Crippen molar-refractivity contribution >= 4 is 29.3 Å². The molecule has 1 aromatic carbocycles. The molecule has 3 aromatic rings. The number of anilines is 1. The monoisotopic (exact) mass is 446 g/mol. The van der Waals surface area contributed by atoms with Crippen LogP contribution in [0.15, 0.2) is 24.4 Å². The van der Waals surface area contributed by atoms with E-state index >= 15 is 0 Å². The summed E-state index contributed by atoms with van der Waals surface area (Å²) in [6.45, 7) is 1.77. The Kier molecular flexibility index (Phi) is 5.64. The predicted octanol–water partition coefficient (Wildman–Crippen LogP) is 3.41. The molecule has 31 heavy (non-hydrogen) atoms. The molecule has 11 heteroatoms. The van der Waals surface area contributed by atoms with Crippen molar-refractivity contribution in [2.24, 2.45) is 7.05 Å². The topological polar surface area (TPSA) is 114 Å². The summed E-state index contributed by atoms with van der Waals surface area (Å²) >= 11 is 5.79. The summed E-state index contributed by atoms with van der Waals surface area (Å²) in [5, 5.41) is 15.8. The number of hydrogen-bond acceptors (Lipinski definition) is 5. The van der Waals surface area contributed by atoms with Gasteiger partial charge in [-0.05, 0) is 49.1 Å². The number of nitrogens with zero attached hydrogens (tertiary/aromatic N) is 3. The van der Waals surface area contributed by atoms with Crippen molar-refractivity contribution in [3.63, 3.8) is 0 Å². The van der Waals surface area contributed by atoms with Crippen molar-refractivity contribution < 1.29 is 18.7 Å². The maximum Gasteiger partial charge on any atom is 0.408 e. The normalized spacial score (nSPS) is 14.9. The van der Waals surface area contributed by atoms with Gasteiger partial charge in [0, 0.05) is 18.9 Å². The van der Waals surface area contributed by atoms with E-state index in [-0.39, 0.29) is 23.6 Å². The molecule has 4 rings (SSSR count). The molecule has 0 aliphatic heterocycles. The van der Waals surface area contributed by atoms with Crippen LogP contribution in [-0.2, 0) is 24.8 Å². The molecule has 2 amide bonds. The number of carbonyl (C=O) groups is 2. The molecule has 0 saturated heterocycles. The summed E-state index contributed by atoms with van der Waals surface area (Å²) < 4.78 is 20.3. The average Bonchev–Trinajstić information content (AvgIpc) is 3.39. The second kappa shape index (κ2) is 8.38. The molecule has 0 fully saturated rings. The van der Waals surface area contributed by atoms with E-state index in [9.17, 15) is 14.0 Å². The third-order valence-corrected chi connectivity index (χ3v) is 5.51. The van der Waals surface area contributed by atoms with Gasteiger partial charge in [-0.25, -0.2) is 9.18 Å². The summed E-state index contributed by atoms with van der Waals surface area (Å²) in [5.74, 6) is -0.893. The number of aromatic amines is 1. The zero-order valence-electron chi connectivity index (χ0n) is 16.8. The minimum atomic E-state index is -0.573. The summed E-state index contributed by atoms with van der Waals surface area (Å²) in [6.07, 6.45) is 2.51. The average molecular weight is 447 g/mol. The maximum absolute atomic E-state index is 13.4. The first-order chi connectivity index (χ1) is 14.8. The molecule has 2 heterocycles. The van der Waals surface area contributed by atoms with Gasteiger partial charge in [0.25, 0.3) is 5.91 Å². The molecular weight excluding hydrogens is 427 g/mol. The van der Waals surface area contributed by atoms with Crippen LogP contribution in [0.25, 0.3) is 0 Å². The molecule has 1 atom stereocenters. The molecule has 1 aliphatic rings. The summed E-state index contributed by atoms with van der Waals surface area (Å²) in [6, 6.07) is 3.72. The van der Waals surface area contributed by atoms with Crippen molar-refractivity contribution in [1.82, 2.24) is 25.3 Å². The number of halogens is 2. The lowest BCUT2D eigenvalue weighted by atomic mass is 10.1. The van der Waals surface area contributed by atoms with Gasteiger partial charge in [-0.15, -0.1) is 0 Å². The smallest absolute Gasteiger partial charge is 0.408 e. The number of fused-ring (bicyclic) bond motifs is 1. The van der Waals surface area contributed by atoms with Crippen molar-refractivity contribution in [2.75, 3.05) is 5.32 Å². The minimum Gasteiger partial charge on any atom is -0.443 e. The Morgan fingerprint density at radius 3 is 2.90 bits per heavy atom. The number of alkyl carbamates (subject to hydrolysis) is 1. The van der Waals surface area contributed by atoms with E-state index in [0.717, 1.165) is 11.1 Å². The van der Waals surface area contributed by atoms with Crippen LogP contribution in [0.4, 0.5) is 14.9 Å². The van der Waals surface area contributed by atoms with Gasteiger partial charge in [-0.1, -0.05) is 11.6 Å². The van der Waals surface area contributed by atoms with Crippen molar-refractivity contribution in [2.45, 2.75) is 32.4 Å². The largest absolute Gasteiger partial charge is 0.443 e.